The number of ether oxygens (including phenoxy) is 1. The summed E-state index contributed by atoms with van der Waals surface area (Å²) >= 11 is 0. The summed E-state index contributed by atoms with van der Waals surface area (Å²) in [6.07, 6.45) is 0.782. The fourth-order valence-electron chi connectivity index (χ4n) is 2.55. The van der Waals surface area contributed by atoms with Crippen LogP contribution in [0.25, 0.3) is 11.3 Å². The zero-order chi connectivity index (χ0) is 19.1. The number of hydrogen-bond donors (Lipinski definition) is 2. The minimum atomic E-state index is -0.558. The van der Waals surface area contributed by atoms with Gasteiger partial charge in [0.1, 0.15) is 17.3 Å². The van der Waals surface area contributed by atoms with Gasteiger partial charge in [0.2, 0.25) is 5.91 Å². The van der Waals surface area contributed by atoms with Crippen molar-refractivity contribution < 1.29 is 18.7 Å². The molecule has 27 heavy (non-hydrogen) atoms. The molecule has 3 rings (SSSR count). The monoisotopic (exact) mass is 364 g/mol. The SMILES string of the molecule is NC(=O)COc1cccc(NC(=O)CCc2ccc(-c3ccccc3)o2)c1. The van der Waals surface area contributed by atoms with Crippen molar-refractivity contribution >= 4 is 17.5 Å². The first kappa shape index (κ1) is 18.3. The maximum Gasteiger partial charge on any atom is 0.255 e. The van der Waals surface area contributed by atoms with Gasteiger partial charge in [-0.15, -0.1) is 0 Å². The van der Waals surface area contributed by atoms with Gasteiger partial charge in [0.05, 0.1) is 0 Å². The third kappa shape index (κ3) is 5.47. The van der Waals surface area contributed by atoms with Gasteiger partial charge < -0.3 is 20.2 Å². The van der Waals surface area contributed by atoms with Crippen molar-refractivity contribution in [1.29, 1.82) is 0 Å². The molecule has 138 valence electrons. The van der Waals surface area contributed by atoms with E-state index < -0.39 is 5.91 Å². The molecular weight excluding hydrogens is 344 g/mol. The molecule has 0 radical (unpaired) electrons. The van der Waals surface area contributed by atoms with Crippen LogP contribution in [-0.2, 0) is 16.0 Å². The van der Waals surface area contributed by atoms with Crippen molar-refractivity contribution in [2.24, 2.45) is 5.73 Å². The van der Waals surface area contributed by atoms with Crippen molar-refractivity contribution in [3.05, 3.63) is 72.5 Å². The predicted molar refractivity (Wildman–Crippen MR) is 102 cm³/mol. The Morgan fingerprint density at radius 1 is 1.00 bits per heavy atom. The minimum absolute atomic E-state index is 0.139. The zero-order valence-electron chi connectivity index (χ0n) is 14.7. The first-order chi connectivity index (χ1) is 13.1. The van der Waals surface area contributed by atoms with Crippen LogP contribution in [0, 0.1) is 0 Å². The Morgan fingerprint density at radius 3 is 2.59 bits per heavy atom. The lowest BCUT2D eigenvalue weighted by Crippen LogP contribution is -2.20. The summed E-state index contributed by atoms with van der Waals surface area (Å²) in [5.74, 6) is 1.30. The van der Waals surface area contributed by atoms with Gasteiger partial charge in [-0.05, 0) is 24.3 Å². The topological polar surface area (TPSA) is 94.6 Å². The summed E-state index contributed by atoms with van der Waals surface area (Å²) in [4.78, 5) is 22.9. The number of rotatable bonds is 8. The molecule has 1 aromatic heterocycles. The maximum absolute atomic E-state index is 12.2. The van der Waals surface area contributed by atoms with Crippen LogP contribution in [-0.4, -0.2) is 18.4 Å². The second-order valence-electron chi connectivity index (χ2n) is 5.96. The van der Waals surface area contributed by atoms with Gasteiger partial charge in [0, 0.05) is 30.2 Å². The Bertz CT molecular complexity index is 919. The first-order valence-corrected chi connectivity index (χ1v) is 8.55. The van der Waals surface area contributed by atoms with Crippen LogP contribution in [0.1, 0.15) is 12.2 Å². The molecule has 0 spiro atoms. The van der Waals surface area contributed by atoms with Crippen molar-refractivity contribution in [3.8, 4) is 17.1 Å². The highest BCUT2D eigenvalue weighted by Gasteiger charge is 2.08. The molecular formula is C21H20N2O4. The van der Waals surface area contributed by atoms with Crippen LogP contribution in [0.3, 0.4) is 0 Å². The molecule has 2 aromatic carbocycles. The summed E-state index contributed by atoms with van der Waals surface area (Å²) < 4.78 is 11.0. The average Bonchev–Trinajstić information content (AvgIpc) is 3.15. The molecule has 0 aliphatic rings. The third-order valence-electron chi connectivity index (χ3n) is 3.82. The number of furan rings is 1. The number of carbonyl (C=O) groups is 2. The molecule has 6 heteroatoms. The van der Waals surface area contributed by atoms with Crippen LogP contribution in [0.5, 0.6) is 5.75 Å². The lowest BCUT2D eigenvalue weighted by molar-refractivity contribution is -0.120. The zero-order valence-corrected chi connectivity index (χ0v) is 14.7. The van der Waals surface area contributed by atoms with E-state index in [1.807, 2.05) is 42.5 Å². The molecule has 0 fully saturated rings. The van der Waals surface area contributed by atoms with E-state index in [4.69, 9.17) is 14.9 Å². The summed E-state index contributed by atoms with van der Waals surface area (Å²) in [5.41, 5.74) is 6.64. The lowest BCUT2D eigenvalue weighted by atomic mass is 10.2. The quantitative estimate of drug-likeness (QED) is 0.641. The molecule has 6 nitrogen and oxygen atoms in total. The first-order valence-electron chi connectivity index (χ1n) is 8.55. The largest absolute Gasteiger partial charge is 0.484 e. The standard InChI is InChI=1S/C21H20N2O4/c22-20(24)14-26-18-8-4-7-16(13-18)23-21(25)12-10-17-9-11-19(27-17)15-5-2-1-3-6-15/h1-9,11,13H,10,12,14H2,(H2,22,24)(H,23,25). The van der Waals surface area contributed by atoms with Gasteiger partial charge in [0.15, 0.2) is 6.61 Å². The Hall–Kier alpha value is -3.54. The van der Waals surface area contributed by atoms with Crippen LogP contribution >= 0.6 is 0 Å². The second-order valence-corrected chi connectivity index (χ2v) is 5.96. The van der Waals surface area contributed by atoms with E-state index in [2.05, 4.69) is 5.32 Å². The van der Waals surface area contributed by atoms with Gasteiger partial charge in [-0.25, -0.2) is 0 Å². The van der Waals surface area contributed by atoms with E-state index in [0.29, 0.717) is 17.9 Å². The molecule has 0 aliphatic heterocycles. The number of nitrogens with two attached hydrogens (primary N) is 1. The van der Waals surface area contributed by atoms with Crippen LogP contribution in [0.2, 0.25) is 0 Å². The van der Waals surface area contributed by atoms with Crippen molar-refractivity contribution in [2.45, 2.75) is 12.8 Å². The van der Waals surface area contributed by atoms with E-state index in [-0.39, 0.29) is 18.9 Å². The Kier molecular flexibility index (Phi) is 5.89. The lowest BCUT2D eigenvalue weighted by Gasteiger charge is -2.08. The van der Waals surface area contributed by atoms with Gasteiger partial charge in [-0.3, -0.25) is 9.59 Å². The molecule has 0 saturated carbocycles. The molecule has 0 atom stereocenters. The van der Waals surface area contributed by atoms with E-state index in [1.54, 1.807) is 24.3 Å². The number of carbonyl (C=O) groups excluding carboxylic acids is 2. The number of amides is 2. The van der Waals surface area contributed by atoms with Gasteiger partial charge >= 0.3 is 0 Å². The van der Waals surface area contributed by atoms with Gasteiger partial charge in [-0.1, -0.05) is 36.4 Å². The molecule has 0 bridgehead atoms. The third-order valence-corrected chi connectivity index (χ3v) is 3.82. The highest BCUT2D eigenvalue weighted by molar-refractivity contribution is 5.91. The smallest absolute Gasteiger partial charge is 0.255 e. The van der Waals surface area contributed by atoms with E-state index >= 15 is 0 Å². The van der Waals surface area contributed by atoms with Crippen LogP contribution in [0.15, 0.2) is 71.1 Å². The summed E-state index contributed by atoms with van der Waals surface area (Å²) in [6.45, 7) is -0.209. The second kappa shape index (κ2) is 8.71. The molecule has 0 saturated heterocycles. The average molecular weight is 364 g/mol. The number of anilines is 1. The number of aryl methyl sites for hydroxylation is 1. The van der Waals surface area contributed by atoms with Crippen LogP contribution in [0.4, 0.5) is 5.69 Å². The fraction of sp³-hybridized carbons (Fsp3) is 0.143. The van der Waals surface area contributed by atoms with Crippen molar-refractivity contribution in [3.63, 3.8) is 0 Å². The summed E-state index contributed by atoms with van der Waals surface area (Å²) in [6, 6.07) is 20.4. The highest BCUT2D eigenvalue weighted by atomic mass is 16.5. The molecule has 0 unspecified atom stereocenters. The van der Waals surface area contributed by atoms with Crippen molar-refractivity contribution in [1.82, 2.24) is 0 Å². The number of primary amides is 1. The Labute approximate surface area is 156 Å². The fourth-order valence-corrected chi connectivity index (χ4v) is 2.55. The molecule has 0 aliphatic carbocycles. The summed E-state index contributed by atoms with van der Waals surface area (Å²) in [7, 11) is 0. The van der Waals surface area contributed by atoms with Gasteiger partial charge in [0.25, 0.3) is 5.91 Å². The molecule has 1 heterocycles. The number of hydrogen-bond acceptors (Lipinski definition) is 4. The molecule has 2 amide bonds. The summed E-state index contributed by atoms with van der Waals surface area (Å²) in [5, 5.41) is 2.80. The van der Waals surface area contributed by atoms with E-state index in [0.717, 1.165) is 17.1 Å². The molecule has 3 aromatic rings. The van der Waals surface area contributed by atoms with Crippen LogP contribution < -0.4 is 15.8 Å². The normalized spacial score (nSPS) is 10.4. The number of nitrogens with one attached hydrogen (secondary N) is 1. The Balaban J connectivity index is 1.52. The highest BCUT2D eigenvalue weighted by Crippen LogP contribution is 2.23. The van der Waals surface area contributed by atoms with Gasteiger partial charge in [-0.2, -0.15) is 0 Å². The number of benzene rings is 2. The van der Waals surface area contributed by atoms with Crippen molar-refractivity contribution in [2.75, 3.05) is 11.9 Å². The molecule has 3 N–H and O–H groups in total. The maximum atomic E-state index is 12.2. The van der Waals surface area contributed by atoms with E-state index in [1.165, 1.54) is 0 Å². The Morgan fingerprint density at radius 2 is 1.81 bits per heavy atom. The minimum Gasteiger partial charge on any atom is -0.484 e. The predicted octanol–water partition coefficient (Wildman–Crippen LogP) is 3.38. The van der Waals surface area contributed by atoms with E-state index in [9.17, 15) is 9.59 Å².